The Bertz CT molecular complexity index is 911. The highest BCUT2D eigenvalue weighted by atomic mass is 35.5. The monoisotopic (exact) mass is 399 g/mol. The lowest BCUT2D eigenvalue weighted by Gasteiger charge is -2.25. The standard InChI is InChI=1S/C18H26ClN3O3S/c1-6-18(4,20)14-11-22-16(13-10-21-15(19)9-12(13)14)25-8-7-17(2,3)26(5,23)24/h9-11H,6-8,20H2,1-5H3/t18-/m1/s1. The topological polar surface area (TPSA) is 95.2 Å². The smallest absolute Gasteiger partial charge is 0.222 e. The van der Waals surface area contributed by atoms with Crippen LogP contribution in [0.4, 0.5) is 0 Å². The van der Waals surface area contributed by atoms with Gasteiger partial charge < -0.3 is 10.5 Å². The first kappa shape index (κ1) is 20.9. The Morgan fingerprint density at radius 1 is 1.19 bits per heavy atom. The number of nitrogens with two attached hydrogens (primary N) is 1. The molecule has 0 radical (unpaired) electrons. The van der Waals surface area contributed by atoms with Crippen LogP contribution in [0.15, 0.2) is 18.5 Å². The quantitative estimate of drug-likeness (QED) is 0.716. The minimum Gasteiger partial charge on any atom is -0.477 e. The summed E-state index contributed by atoms with van der Waals surface area (Å²) in [4.78, 5) is 8.52. The van der Waals surface area contributed by atoms with Gasteiger partial charge in [-0.1, -0.05) is 18.5 Å². The highest BCUT2D eigenvalue weighted by Gasteiger charge is 2.30. The Hall–Kier alpha value is -1.44. The first-order valence-electron chi connectivity index (χ1n) is 8.45. The normalized spacial score (nSPS) is 15.0. The van der Waals surface area contributed by atoms with Crippen molar-refractivity contribution in [3.63, 3.8) is 0 Å². The summed E-state index contributed by atoms with van der Waals surface area (Å²) in [7, 11) is -3.18. The fraction of sp³-hybridized carbons (Fsp3) is 0.556. The molecule has 0 aromatic carbocycles. The Balaban J connectivity index is 2.37. The fourth-order valence-electron chi connectivity index (χ4n) is 2.42. The molecule has 144 valence electrons. The number of nitrogens with zero attached hydrogens (tertiary/aromatic N) is 2. The van der Waals surface area contributed by atoms with E-state index in [0.29, 0.717) is 22.8 Å². The number of ether oxygens (including phenoxy) is 1. The van der Waals surface area contributed by atoms with Gasteiger partial charge in [0.2, 0.25) is 5.88 Å². The summed E-state index contributed by atoms with van der Waals surface area (Å²) in [5.74, 6) is 0.393. The highest BCUT2D eigenvalue weighted by Crippen LogP contribution is 2.34. The zero-order valence-electron chi connectivity index (χ0n) is 15.8. The third kappa shape index (κ3) is 4.27. The molecule has 0 unspecified atom stereocenters. The van der Waals surface area contributed by atoms with E-state index in [4.69, 9.17) is 22.1 Å². The summed E-state index contributed by atoms with van der Waals surface area (Å²) >= 11 is 6.07. The van der Waals surface area contributed by atoms with E-state index < -0.39 is 20.1 Å². The SMILES string of the molecule is CC[C@@](C)(N)c1cnc(OCCC(C)(C)S(C)(=O)=O)c2cnc(Cl)cc12. The molecule has 0 fully saturated rings. The van der Waals surface area contributed by atoms with Crippen LogP contribution < -0.4 is 10.5 Å². The molecule has 0 amide bonds. The molecule has 26 heavy (non-hydrogen) atoms. The lowest BCUT2D eigenvalue weighted by Crippen LogP contribution is -2.33. The molecule has 0 bridgehead atoms. The summed E-state index contributed by atoms with van der Waals surface area (Å²) in [5.41, 5.74) is 6.70. The molecular formula is C18H26ClN3O3S. The third-order valence-corrected chi connectivity index (χ3v) is 7.42. The van der Waals surface area contributed by atoms with Crippen molar-refractivity contribution in [2.75, 3.05) is 12.9 Å². The van der Waals surface area contributed by atoms with Crippen LogP contribution in [0.5, 0.6) is 5.88 Å². The maximum Gasteiger partial charge on any atom is 0.222 e. The summed E-state index contributed by atoms with van der Waals surface area (Å²) in [6.45, 7) is 7.53. The van der Waals surface area contributed by atoms with Gasteiger partial charge in [0.05, 0.1) is 16.7 Å². The molecule has 8 heteroatoms. The van der Waals surface area contributed by atoms with Crippen LogP contribution in [0.25, 0.3) is 10.8 Å². The maximum absolute atomic E-state index is 11.8. The fourth-order valence-corrected chi connectivity index (χ4v) is 3.04. The van der Waals surface area contributed by atoms with E-state index in [1.807, 2.05) is 13.8 Å². The average Bonchev–Trinajstić information content (AvgIpc) is 2.53. The number of hydrogen-bond donors (Lipinski definition) is 1. The number of sulfone groups is 1. The Kier molecular flexibility index (Phi) is 5.85. The Morgan fingerprint density at radius 3 is 2.42 bits per heavy atom. The van der Waals surface area contributed by atoms with Gasteiger partial charge in [-0.25, -0.2) is 18.4 Å². The second kappa shape index (κ2) is 7.29. The summed E-state index contributed by atoms with van der Waals surface area (Å²) in [6.07, 6.45) is 5.61. The molecule has 2 aromatic rings. The van der Waals surface area contributed by atoms with Gasteiger partial charge in [0.15, 0.2) is 9.84 Å². The molecule has 0 aliphatic rings. The first-order valence-corrected chi connectivity index (χ1v) is 10.7. The van der Waals surface area contributed by atoms with Gasteiger partial charge in [-0.2, -0.15) is 0 Å². The number of aromatic nitrogens is 2. The molecule has 0 saturated heterocycles. The van der Waals surface area contributed by atoms with Crippen molar-refractivity contribution in [3.8, 4) is 5.88 Å². The predicted octanol–water partition coefficient (Wildman–Crippen LogP) is 3.46. The molecule has 0 aliphatic heterocycles. The maximum atomic E-state index is 11.8. The van der Waals surface area contributed by atoms with Gasteiger partial charge >= 0.3 is 0 Å². The predicted molar refractivity (Wildman–Crippen MR) is 105 cm³/mol. The molecule has 1 atom stereocenters. The Morgan fingerprint density at radius 2 is 1.85 bits per heavy atom. The van der Waals surface area contributed by atoms with Crippen LogP contribution >= 0.6 is 11.6 Å². The van der Waals surface area contributed by atoms with E-state index in [1.54, 1.807) is 32.3 Å². The van der Waals surface area contributed by atoms with Crippen molar-refractivity contribution in [1.82, 2.24) is 9.97 Å². The molecule has 0 aliphatic carbocycles. The second-order valence-electron chi connectivity index (χ2n) is 7.43. The van der Waals surface area contributed by atoms with Gasteiger partial charge in [-0.15, -0.1) is 0 Å². The van der Waals surface area contributed by atoms with Gasteiger partial charge in [0.25, 0.3) is 0 Å². The molecule has 2 heterocycles. The van der Waals surface area contributed by atoms with E-state index in [2.05, 4.69) is 9.97 Å². The number of halogens is 1. The summed E-state index contributed by atoms with van der Waals surface area (Å²) in [6, 6.07) is 1.75. The van der Waals surface area contributed by atoms with Gasteiger partial charge in [0.1, 0.15) is 5.15 Å². The van der Waals surface area contributed by atoms with Crippen LogP contribution in [-0.2, 0) is 15.4 Å². The zero-order valence-corrected chi connectivity index (χ0v) is 17.4. The van der Waals surface area contributed by atoms with Crippen LogP contribution in [0.2, 0.25) is 5.15 Å². The number of fused-ring (bicyclic) bond motifs is 1. The van der Waals surface area contributed by atoms with Crippen molar-refractivity contribution in [2.24, 2.45) is 5.73 Å². The molecular weight excluding hydrogens is 374 g/mol. The molecule has 0 spiro atoms. The lowest BCUT2D eigenvalue weighted by atomic mass is 9.89. The van der Waals surface area contributed by atoms with Crippen molar-refractivity contribution < 1.29 is 13.2 Å². The zero-order chi connectivity index (χ0) is 19.8. The van der Waals surface area contributed by atoms with E-state index in [0.717, 1.165) is 17.4 Å². The van der Waals surface area contributed by atoms with Crippen LogP contribution in [-0.4, -0.2) is 36.0 Å². The molecule has 0 saturated carbocycles. The van der Waals surface area contributed by atoms with Crippen molar-refractivity contribution in [3.05, 3.63) is 29.2 Å². The van der Waals surface area contributed by atoms with Crippen molar-refractivity contribution in [2.45, 2.75) is 50.8 Å². The molecule has 2 aromatic heterocycles. The minimum atomic E-state index is -3.18. The largest absolute Gasteiger partial charge is 0.477 e. The second-order valence-corrected chi connectivity index (χ2v) is 10.5. The average molecular weight is 400 g/mol. The summed E-state index contributed by atoms with van der Waals surface area (Å²) < 4.78 is 28.6. The Labute approximate surface area is 160 Å². The minimum absolute atomic E-state index is 0.220. The number of pyridine rings is 2. The van der Waals surface area contributed by atoms with E-state index in [9.17, 15) is 8.42 Å². The third-order valence-electron chi connectivity index (χ3n) is 5.00. The van der Waals surface area contributed by atoms with Gasteiger partial charge in [0, 0.05) is 30.6 Å². The van der Waals surface area contributed by atoms with Gasteiger partial charge in [-0.05, 0) is 44.2 Å². The lowest BCUT2D eigenvalue weighted by molar-refractivity contribution is 0.286. The number of rotatable bonds is 7. The highest BCUT2D eigenvalue weighted by molar-refractivity contribution is 7.92. The van der Waals surface area contributed by atoms with Crippen LogP contribution in [0.1, 0.15) is 46.1 Å². The first-order chi connectivity index (χ1) is 11.9. The van der Waals surface area contributed by atoms with Crippen LogP contribution in [0, 0.1) is 0 Å². The van der Waals surface area contributed by atoms with Crippen molar-refractivity contribution in [1.29, 1.82) is 0 Å². The van der Waals surface area contributed by atoms with Crippen molar-refractivity contribution >= 4 is 32.2 Å². The van der Waals surface area contributed by atoms with E-state index in [1.165, 1.54) is 6.26 Å². The van der Waals surface area contributed by atoms with Crippen LogP contribution in [0.3, 0.4) is 0 Å². The van der Waals surface area contributed by atoms with E-state index in [-0.39, 0.29) is 6.61 Å². The summed E-state index contributed by atoms with van der Waals surface area (Å²) in [5, 5.41) is 1.90. The van der Waals surface area contributed by atoms with E-state index >= 15 is 0 Å². The molecule has 2 rings (SSSR count). The molecule has 6 nitrogen and oxygen atoms in total. The molecule has 2 N–H and O–H groups in total. The number of hydrogen-bond acceptors (Lipinski definition) is 6. The van der Waals surface area contributed by atoms with Gasteiger partial charge in [-0.3, -0.25) is 0 Å².